The van der Waals surface area contributed by atoms with Gasteiger partial charge < -0.3 is 0 Å². The summed E-state index contributed by atoms with van der Waals surface area (Å²) in [5.74, 6) is 0. The van der Waals surface area contributed by atoms with Gasteiger partial charge in [0.05, 0.1) is 0 Å². The lowest BCUT2D eigenvalue weighted by Gasteiger charge is -2.32. The lowest BCUT2D eigenvalue weighted by molar-refractivity contribution is 0.562. The molecule has 0 bridgehead atoms. The first kappa shape index (κ1) is 25.7. The lowest BCUT2D eigenvalue weighted by atomic mass is 9.72. The Hall–Kier alpha value is -1.56. The van der Waals surface area contributed by atoms with E-state index in [1.165, 1.54) is 44.5 Å². The Bertz CT molecular complexity index is 942. The molecule has 0 N–H and O–H groups in total. The molecule has 0 heterocycles. The van der Waals surface area contributed by atoms with Crippen LogP contribution in [-0.4, -0.2) is 0 Å². The van der Waals surface area contributed by atoms with Crippen LogP contribution in [0.15, 0.2) is 24.3 Å². The topological polar surface area (TPSA) is 0 Å². The quantitative estimate of drug-likeness (QED) is 0.454. The number of hydrogen-bond donors (Lipinski definition) is 0. The first-order valence-electron chi connectivity index (χ1n) is 12.1. The Balaban J connectivity index is 3.08. The molecule has 0 amide bonds. The Kier molecular flexibility index (Phi) is 6.71. The van der Waals surface area contributed by atoms with Crippen LogP contribution >= 0.6 is 0 Å². The summed E-state index contributed by atoms with van der Waals surface area (Å²) in [6.07, 6.45) is 1.05. The Morgan fingerprint density at radius 2 is 0.903 bits per heavy atom. The maximum absolute atomic E-state index is 2.50. The van der Waals surface area contributed by atoms with Gasteiger partial charge in [-0.15, -0.1) is 0 Å². The molecule has 0 nitrogen and oxygen atoms in total. The van der Waals surface area contributed by atoms with E-state index in [1.807, 2.05) is 0 Å². The highest BCUT2D eigenvalue weighted by molar-refractivity contribution is 5.76. The molecule has 0 atom stereocenters. The minimum Gasteiger partial charge on any atom is -0.0613 e. The minimum absolute atomic E-state index is 0.112. The van der Waals surface area contributed by atoms with Crippen molar-refractivity contribution < 1.29 is 0 Å². The highest BCUT2D eigenvalue weighted by Crippen LogP contribution is 2.42. The van der Waals surface area contributed by atoms with Gasteiger partial charge in [-0.25, -0.2) is 0 Å². The van der Waals surface area contributed by atoms with Crippen LogP contribution in [0.4, 0.5) is 0 Å². The van der Waals surface area contributed by atoms with E-state index >= 15 is 0 Å². The van der Waals surface area contributed by atoms with Crippen molar-refractivity contribution in [2.75, 3.05) is 0 Å². The number of rotatable bonds is 2. The standard InChI is InChI=1S/C31H48/c1-15-23-25(17-22(29(6,7)8)19-27(23)31(12,13)14)24-16-21(28(3,4)5)18-26(20(24)2)30(9,10)11/h16-19H,15H2,1-14H3. The van der Waals surface area contributed by atoms with Gasteiger partial charge in [0.15, 0.2) is 0 Å². The van der Waals surface area contributed by atoms with Gasteiger partial charge in [0.1, 0.15) is 0 Å². The van der Waals surface area contributed by atoms with E-state index in [1.54, 1.807) is 0 Å². The molecule has 0 aliphatic heterocycles. The Labute approximate surface area is 193 Å². The number of benzene rings is 2. The van der Waals surface area contributed by atoms with E-state index in [0.717, 1.165) is 6.42 Å². The second-order valence-corrected chi connectivity index (χ2v) is 13.6. The predicted molar refractivity (Wildman–Crippen MR) is 141 cm³/mol. The summed E-state index contributed by atoms with van der Waals surface area (Å²) in [5.41, 5.74) is 12.1. The van der Waals surface area contributed by atoms with E-state index in [-0.39, 0.29) is 21.7 Å². The molecule has 0 heteroatoms. The largest absolute Gasteiger partial charge is 0.0613 e. The highest BCUT2D eigenvalue weighted by Gasteiger charge is 2.28. The molecule has 0 aromatic heterocycles. The molecule has 0 aliphatic rings. The maximum atomic E-state index is 2.50. The summed E-state index contributed by atoms with van der Waals surface area (Å²) in [4.78, 5) is 0. The molecule has 0 fully saturated rings. The fourth-order valence-corrected chi connectivity index (χ4v) is 4.60. The molecule has 2 aromatic carbocycles. The van der Waals surface area contributed by atoms with Crippen molar-refractivity contribution in [1.82, 2.24) is 0 Å². The van der Waals surface area contributed by atoms with Crippen LogP contribution in [0.5, 0.6) is 0 Å². The van der Waals surface area contributed by atoms with Crippen molar-refractivity contribution >= 4 is 0 Å². The van der Waals surface area contributed by atoms with Crippen molar-refractivity contribution in [1.29, 1.82) is 0 Å². The average molecular weight is 421 g/mol. The number of hydrogen-bond acceptors (Lipinski definition) is 0. The summed E-state index contributed by atoms with van der Waals surface area (Å²) in [5, 5.41) is 0. The summed E-state index contributed by atoms with van der Waals surface area (Å²) < 4.78 is 0. The van der Waals surface area contributed by atoms with E-state index in [0.29, 0.717) is 0 Å². The zero-order valence-corrected chi connectivity index (χ0v) is 23.0. The van der Waals surface area contributed by atoms with Gasteiger partial charge in [-0.3, -0.25) is 0 Å². The molecule has 2 rings (SSSR count). The fourth-order valence-electron chi connectivity index (χ4n) is 4.60. The van der Waals surface area contributed by atoms with Crippen LogP contribution in [0, 0.1) is 6.92 Å². The van der Waals surface area contributed by atoms with Gasteiger partial charge in [-0.1, -0.05) is 114 Å². The first-order chi connectivity index (χ1) is 13.8. The molecule has 0 spiro atoms. The third-order valence-electron chi connectivity index (χ3n) is 6.65. The molecule has 0 saturated heterocycles. The molecule has 0 unspecified atom stereocenters. The van der Waals surface area contributed by atoms with Crippen LogP contribution in [0.25, 0.3) is 11.1 Å². The third-order valence-corrected chi connectivity index (χ3v) is 6.65. The van der Waals surface area contributed by atoms with Gasteiger partial charge in [-0.05, 0) is 79.5 Å². The van der Waals surface area contributed by atoms with E-state index in [9.17, 15) is 0 Å². The zero-order valence-electron chi connectivity index (χ0n) is 23.0. The molecule has 31 heavy (non-hydrogen) atoms. The van der Waals surface area contributed by atoms with Crippen LogP contribution in [0.2, 0.25) is 0 Å². The summed E-state index contributed by atoms with van der Waals surface area (Å²) >= 11 is 0. The van der Waals surface area contributed by atoms with Crippen molar-refractivity contribution in [2.24, 2.45) is 0 Å². The van der Waals surface area contributed by atoms with Crippen molar-refractivity contribution in [3.8, 4) is 11.1 Å². The minimum atomic E-state index is 0.112. The van der Waals surface area contributed by atoms with Gasteiger partial charge >= 0.3 is 0 Å². The SMILES string of the molecule is CCc1c(-c2cc(C(C)(C)C)cc(C(C)(C)C)c2C)cc(C(C)(C)C)cc1C(C)(C)C. The zero-order chi connectivity index (χ0) is 24.2. The maximum Gasteiger partial charge on any atom is -0.0129 e. The smallest absolute Gasteiger partial charge is 0.0129 e. The molecule has 0 aliphatic carbocycles. The van der Waals surface area contributed by atoms with Crippen LogP contribution in [-0.2, 0) is 28.1 Å². The molecule has 0 radical (unpaired) electrons. The molecular weight excluding hydrogens is 372 g/mol. The van der Waals surface area contributed by atoms with E-state index < -0.39 is 0 Å². The normalized spacial score (nSPS) is 13.6. The lowest BCUT2D eigenvalue weighted by Crippen LogP contribution is -2.21. The predicted octanol–water partition coefficient (Wildman–Crippen LogP) is 9.41. The van der Waals surface area contributed by atoms with Crippen LogP contribution < -0.4 is 0 Å². The van der Waals surface area contributed by atoms with E-state index in [2.05, 4.69) is 121 Å². The Morgan fingerprint density at radius 3 is 1.26 bits per heavy atom. The first-order valence-corrected chi connectivity index (χ1v) is 12.1. The summed E-state index contributed by atoms with van der Waals surface area (Å²) in [7, 11) is 0. The molecular formula is C31H48. The second kappa shape index (κ2) is 8.09. The van der Waals surface area contributed by atoms with Crippen LogP contribution in [0.3, 0.4) is 0 Å². The van der Waals surface area contributed by atoms with Gasteiger partial charge in [0.25, 0.3) is 0 Å². The average Bonchev–Trinajstić information content (AvgIpc) is 2.57. The van der Waals surface area contributed by atoms with Gasteiger partial charge in [0, 0.05) is 0 Å². The van der Waals surface area contributed by atoms with Crippen molar-refractivity contribution in [2.45, 2.75) is 125 Å². The fraction of sp³-hybridized carbons (Fsp3) is 0.613. The second-order valence-electron chi connectivity index (χ2n) is 13.6. The Morgan fingerprint density at radius 1 is 0.516 bits per heavy atom. The van der Waals surface area contributed by atoms with Crippen molar-refractivity contribution in [3.63, 3.8) is 0 Å². The van der Waals surface area contributed by atoms with E-state index in [4.69, 9.17) is 0 Å². The molecule has 2 aromatic rings. The highest BCUT2D eigenvalue weighted by atomic mass is 14.3. The van der Waals surface area contributed by atoms with Crippen molar-refractivity contribution in [3.05, 3.63) is 57.6 Å². The molecule has 0 saturated carbocycles. The van der Waals surface area contributed by atoms with Gasteiger partial charge in [-0.2, -0.15) is 0 Å². The van der Waals surface area contributed by atoms with Crippen LogP contribution in [0.1, 0.15) is 123 Å². The summed E-state index contributed by atoms with van der Waals surface area (Å²) in [6.45, 7) is 32.8. The monoisotopic (exact) mass is 420 g/mol. The summed E-state index contributed by atoms with van der Waals surface area (Å²) in [6, 6.07) is 9.92. The van der Waals surface area contributed by atoms with Gasteiger partial charge in [0.2, 0.25) is 0 Å². The third kappa shape index (κ3) is 5.44. The molecule has 172 valence electrons.